The summed E-state index contributed by atoms with van der Waals surface area (Å²) in [5, 5.41) is 22.5. The molecule has 0 amide bonds. The monoisotopic (exact) mass is 258 g/mol. The van der Waals surface area contributed by atoms with E-state index in [-0.39, 0.29) is 35.0 Å². The fourth-order valence-corrected chi connectivity index (χ4v) is 1.83. The second-order valence-corrected chi connectivity index (χ2v) is 3.95. The van der Waals surface area contributed by atoms with Crippen molar-refractivity contribution in [1.82, 2.24) is 0 Å². The van der Waals surface area contributed by atoms with E-state index in [0.717, 1.165) is 0 Å². The topological polar surface area (TPSA) is 80.3 Å². The zero-order valence-corrected chi connectivity index (χ0v) is 11.8. The van der Waals surface area contributed by atoms with Crippen LogP contribution in [0, 0.1) is 0 Å². The largest absolute Gasteiger partial charge is 2.00 e. The summed E-state index contributed by atoms with van der Waals surface area (Å²) in [6.45, 7) is 1.86. The third kappa shape index (κ3) is 3.23. The van der Waals surface area contributed by atoms with Crippen molar-refractivity contribution in [3.05, 3.63) is 35.9 Å². The maximum absolute atomic E-state index is 11.2. The van der Waals surface area contributed by atoms with Crippen molar-refractivity contribution in [3.8, 4) is 0 Å². The minimum atomic E-state index is -2.04. The van der Waals surface area contributed by atoms with Gasteiger partial charge >= 0.3 is 23.1 Å². The normalized spacial score (nSPS) is 10.5. The van der Waals surface area contributed by atoms with Gasteiger partial charge in [0, 0.05) is 0 Å². The smallest absolute Gasteiger partial charge is 0.549 e. The van der Waals surface area contributed by atoms with Crippen molar-refractivity contribution in [1.29, 1.82) is 0 Å². The Labute approximate surface area is 122 Å². The van der Waals surface area contributed by atoms with Crippen LogP contribution in [0.4, 0.5) is 0 Å². The van der Waals surface area contributed by atoms with E-state index in [4.69, 9.17) is 0 Å². The zero-order chi connectivity index (χ0) is 12.9. The minimum absolute atomic E-state index is 0. The van der Waals surface area contributed by atoms with Gasteiger partial charge in [0.2, 0.25) is 0 Å². The molecule has 1 rings (SSSR count). The summed E-state index contributed by atoms with van der Waals surface area (Å²) in [6, 6.07) is 7.84. The summed E-state index contributed by atoms with van der Waals surface area (Å²) in [5.74, 6) is -3.23. The van der Waals surface area contributed by atoms with Crippen molar-refractivity contribution >= 4 is 35.0 Å². The van der Waals surface area contributed by atoms with Crippen molar-refractivity contribution in [2.24, 2.45) is 0 Å². The molecule has 0 spiro atoms. The Balaban J connectivity index is 0.00000289. The number of aliphatic carboxylic acids is 2. The van der Waals surface area contributed by atoms with Crippen LogP contribution in [-0.4, -0.2) is 35.0 Å². The Morgan fingerprint density at radius 1 is 1.11 bits per heavy atom. The maximum Gasteiger partial charge on any atom is 2.00 e. The molecular weight excluding hydrogens is 244 g/mol. The van der Waals surface area contributed by atoms with Crippen LogP contribution in [0.3, 0.4) is 0 Å². The van der Waals surface area contributed by atoms with Crippen molar-refractivity contribution < 1.29 is 19.8 Å². The standard InChI is InChI=1S/C13H16O4.Mg/c1-2-3-9-13(11(14)15,12(16)17)10-7-5-4-6-8-10;/h4-8H,2-3,9H2,1H3,(H,14,15)(H,16,17);/q;+2/p-2. The third-order valence-corrected chi connectivity index (χ3v) is 2.87. The molecule has 18 heavy (non-hydrogen) atoms. The van der Waals surface area contributed by atoms with Gasteiger partial charge in [-0.15, -0.1) is 0 Å². The second-order valence-electron chi connectivity index (χ2n) is 3.95. The average Bonchev–Trinajstić information content (AvgIpc) is 2.30. The number of hydrogen-bond donors (Lipinski definition) is 0. The molecule has 0 aliphatic heterocycles. The predicted octanol–water partition coefficient (Wildman–Crippen LogP) is -0.766. The molecule has 0 bridgehead atoms. The van der Waals surface area contributed by atoms with Crippen molar-refractivity contribution in [2.45, 2.75) is 31.6 Å². The fourth-order valence-electron chi connectivity index (χ4n) is 1.83. The van der Waals surface area contributed by atoms with Gasteiger partial charge in [-0.3, -0.25) is 0 Å². The Bertz CT molecular complexity index is 389. The van der Waals surface area contributed by atoms with E-state index in [2.05, 4.69) is 0 Å². The van der Waals surface area contributed by atoms with Gasteiger partial charge in [-0.1, -0.05) is 50.1 Å². The number of benzene rings is 1. The molecule has 1 aromatic carbocycles. The number of carbonyl (C=O) groups excluding carboxylic acids is 2. The summed E-state index contributed by atoms with van der Waals surface area (Å²) >= 11 is 0. The Morgan fingerprint density at radius 3 is 2.00 bits per heavy atom. The molecule has 1 aromatic rings. The van der Waals surface area contributed by atoms with Gasteiger partial charge in [0.25, 0.3) is 0 Å². The van der Waals surface area contributed by atoms with Crippen molar-refractivity contribution in [2.75, 3.05) is 0 Å². The first-order valence-corrected chi connectivity index (χ1v) is 5.54. The van der Waals surface area contributed by atoms with E-state index in [9.17, 15) is 19.8 Å². The first-order chi connectivity index (χ1) is 8.05. The van der Waals surface area contributed by atoms with E-state index < -0.39 is 17.4 Å². The number of carboxylic acids is 2. The van der Waals surface area contributed by atoms with E-state index in [1.165, 1.54) is 12.1 Å². The Hall–Kier alpha value is -1.07. The van der Waals surface area contributed by atoms with Gasteiger partial charge in [-0.25, -0.2) is 0 Å². The van der Waals surface area contributed by atoms with Crippen LogP contribution < -0.4 is 10.2 Å². The molecule has 0 N–H and O–H groups in total. The molecule has 0 fully saturated rings. The number of unbranched alkanes of at least 4 members (excludes halogenated alkanes) is 1. The predicted molar refractivity (Wildman–Crippen MR) is 63.4 cm³/mol. The first-order valence-electron chi connectivity index (χ1n) is 5.54. The maximum atomic E-state index is 11.2. The summed E-state index contributed by atoms with van der Waals surface area (Å²) in [6.07, 6.45) is 1.17. The van der Waals surface area contributed by atoms with Gasteiger partial charge in [-0.05, 0) is 12.0 Å². The first kappa shape index (κ1) is 16.9. The van der Waals surface area contributed by atoms with Gasteiger partial charge in [-0.2, -0.15) is 0 Å². The molecule has 0 aromatic heterocycles. The molecule has 0 aliphatic rings. The number of rotatable bonds is 6. The van der Waals surface area contributed by atoms with E-state index in [1.54, 1.807) is 18.2 Å². The molecule has 0 radical (unpaired) electrons. The number of carboxylic acid groups (broad SMARTS) is 2. The zero-order valence-electron chi connectivity index (χ0n) is 10.3. The van der Waals surface area contributed by atoms with Crippen LogP contribution in [-0.2, 0) is 15.0 Å². The molecule has 0 saturated carbocycles. The Morgan fingerprint density at radius 2 is 1.61 bits per heavy atom. The summed E-state index contributed by atoms with van der Waals surface area (Å²) in [4.78, 5) is 22.5. The van der Waals surface area contributed by atoms with E-state index >= 15 is 0 Å². The van der Waals surface area contributed by atoms with Gasteiger partial charge in [0.1, 0.15) is 0 Å². The number of hydrogen-bond acceptors (Lipinski definition) is 4. The summed E-state index contributed by atoms with van der Waals surface area (Å²) in [7, 11) is 0. The van der Waals surface area contributed by atoms with Crippen LogP contribution in [0.15, 0.2) is 30.3 Å². The molecular formula is C13H14MgO4. The van der Waals surface area contributed by atoms with Crippen LogP contribution in [0.2, 0.25) is 0 Å². The third-order valence-electron chi connectivity index (χ3n) is 2.87. The van der Waals surface area contributed by atoms with Crippen LogP contribution >= 0.6 is 0 Å². The van der Waals surface area contributed by atoms with Gasteiger partial charge in [0.15, 0.2) is 0 Å². The van der Waals surface area contributed by atoms with Crippen LogP contribution in [0.1, 0.15) is 31.7 Å². The molecule has 0 atom stereocenters. The molecule has 5 heteroatoms. The van der Waals surface area contributed by atoms with E-state index in [0.29, 0.717) is 12.8 Å². The molecule has 92 valence electrons. The molecule has 4 nitrogen and oxygen atoms in total. The fraction of sp³-hybridized carbons (Fsp3) is 0.385. The van der Waals surface area contributed by atoms with Crippen molar-refractivity contribution in [3.63, 3.8) is 0 Å². The van der Waals surface area contributed by atoms with Crippen LogP contribution in [0.5, 0.6) is 0 Å². The minimum Gasteiger partial charge on any atom is -0.549 e. The quantitative estimate of drug-likeness (QED) is 0.496. The van der Waals surface area contributed by atoms with Gasteiger partial charge in [0.05, 0.1) is 17.4 Å². The SMILES string of the molecule is CCCCC(C(=O)[O-])(C(=O)[O-])c1ccccc1.[Mg+2]. The molecule has 0 aliphatic carbocycles. The Kier molecular flexibility index (Phi) is 6.94. The second kappa shape index (κ2) is 7.38. The van der Waals surface area contributed by atoms with Gasteiger partial charge < -0.3 is 19.8 Å². The summed E-state index contributed by atoms with van der Waals surface area (Å²) < 4.78 is 0. The average molecular weight is 259 g/mol. The summed E-state index contributed by atoms with van der Waals surface area (Å²) in [5.41, 5.74) is -1.84. The number of carbonyl (C=O) groups is 2. The molecule has 0 heterocycles. The van der Waals surface area contributed by atoms with E-state index in [1.807, 2.05) is 6.92 Å². The molecule has 0 saturated heterocycles. The molecule has 0 unspecified atom stereocenters. The van der Waals surface area contributed by atoms with Crippen LogP contribution in [0.25, 0.3) is 0 Å².